The smallest absolute Gasteiger partial charge is 0.140 e. The van der Waals surface area contributed by atoms with Gasteiger partial charge >= 0.3 is 0 Å². The van der Waals surface area contributed by atoms with Crippen LogP contribution in [0, 0.1) is 17.2 Å². The topological polar surface area (TPSA) is 60.7 Å². The highest BCUT2D eigenvalue weighted by molar-refractivity contribution is 5.42. The van der Waals surface area contributed by atoms with Crippen molar-refractivity contribution in [1.82, 2.24) is 10.3 Å². The van der Waals surface area contributed by atoms with Crippen molar-refractivity contribution in [3.8, 4) is 6.07 Å². The highest BCUT2D eigenvalue weighted by Gasteiger charge is 2.12. The maximum Gasteiger partial charge on any atom is 0.140 e. The Morgan fingerprint density at radius 2 is 2.50 bits per heavy atom. The van der Waals surface area contributed by atoms with E-state index in [1.165, 1.54) is 12.8 Å². The fourth-order valence-corrected chi connectivity index (χ4v) is 1.92. The van der Waals surface area contributed by atoms with Crippen molar-refractivity contribution in [2.45, 2.75) is 12.8 Å². The van der Waals surface area contributed by atoms with E-state index in [-0.39, 0.29) is 0 Å². The van der Waals surface area contributed by atoms with Crippen LogP contribution in [0.4, 0.5) is 5.69 Å². The predicted octanol–water partition coefficient (Wildman–Crippen LogP) is 1.36. The molecule has 0 aliphatic carbocycles. The molecule has 0 radical (unpaired) electrons. The van der Waals surface area contributed by atoms with Gasteiger partial charge in [-0.2, -0.15) is 5.26 Å². The molecule has 0 aromatic carbocycles. The molecule has 4 heteroatoms. The molecule has 0 bridgehead atoms. The SMILES string of the molecule is N#Cc1ccc(NCC2CCCNC2)cn1. The Balaban J connectivity index is 1.82. The molecule has 1 aliphatic rings. The summed E-state index contributed by atoms with van der Waals surface area (Å²) in [7, 11) is 0. The van der Waals surface area contributed by atoms with Crippen LogP contribution < -0.4 is 10.6 Å². The zero-order valence-electron chi connectivity index (χ0n) is 9.24. The maximum atomic E-state index is 8.62. The predicted molar refractivity (Wildman–Crippen MR) is 63.0 cm³/mol. The third-order valence-corrected chi connectivity index (χ3v) is 2.87. The summed E-state index contributed by atoms with van der Waals surface area (Å²) in [5.41, 5.74) is 1.45. The van der Waals surface area contributed by atoms with Crippen LogP contribution in [0.5, 0.6) is 0 Å². The molecule has 1 aliphatic heterocycles. The minimum atomic E-state index is 0.463. The van der Waals surface area contributed by atoms with E-state index in [4.69, 9.17) is 5.26 Å². The second kappa shape index (κ2) is 5.47. The summed E-state index contributed by atoms with van der Waals surface area (Å²) < 4.78 is 0. The van der Waals surface area contributed by atoms with Crippen molar-refractivity contribution in [3.63, 3.8) is 0 Å². The summed E-state index contributed by atoms with van der Waals surface area (Å²) >= 11 is 0. The zero-order chi connectivity index (χ0) is 11.2. The first-order valence-corrected chi connectivity index (χ1v) is 5.69. The van der Waals surface area contributed by atoms with E-state index >= 15 is 0 Å². The molecule has 1 fully saturated rings. The van der Waals surface area contributed by atoms with Gasteiger partial charge in [-0.15, -0.1) is 0 Å². The Hall–Kier alpha value is -1.60. The number of pyridine rings is 1. The summed E-state index contributed by atoms with van der Waals surface area (Å²) in [6.45, 7) is 3.21. The fourth-order valence-electron chi connectivity index (χ4n) is 1.92. The van der Waals surface area contributed by atoms with Crippen LogP contribution in [0.1, 0.15) is 18.5 Å². The number of aromatic nitrogens is 1. The molecule has 0 saturated carbocycles. The summed E-state index contributed by atoms with van der Waals surface area (Å²) in [5, 5.41) is 15.4. The van der Waals surface area contributed by atoms with Crippen molar-refractivity contribution in [2.24, 2.45) is 5.92 Å². The first-order chi connectivity index (χ1) is 7.88. The summed E-state index contributed by atoms with van der Waals surface area (Å²) in [6, 6.07) is 5.65. The molecule has 2 N–H and O–H groups in total. The number of piperidine rings is 1. The molecule has 1 aromatic rings. The molecule has 0 amide bonds. The Labute approximate surface area is 95.7 Å². The van der Waals surface area contributed by atoms with E-state index in [1.54, 1.807) is 12.3 Å². The van der Waals surface area contributed by atoms with Gasteiger partial charge in [0.05, 0.1) is 11.9 Å². The number of nitriles is 1. The number of rotatable bonds is 3. The summed E-state index contributed by atoms with van der Waals surface area (Å²) in [6.07, 6.45) is 4.26. The first-order valence-electron chi connectivity index (χ1n) is 5.69. The van der Waals surface area contributed by atoms with Crippen molar-refractivity contribution in [3.05, 3.63) is 24.0 Å². The molecule has 1 atom stereocenters. The molecule has 4 nitrogen and oxygen atoms in total. The van der Waals surface area contributed by atoms with Gasteiger partial charge in [-0.3, -0.25) is 0 Å². The molecule has 2 heterocycles. The lowest BCUT2D eigenvalue weighted by Crippen LogP contribution is -2.33. The molecule has 1 aromatic heterocycles. The van der Waals surface area contributed by atoms with E-state index in [0.29, 0.717) is 11.6 Å². The molecule has 2 rings (SSSR count). The second-order valence-corrected chi connectivity index (χ2v) is 4.14. The minimum absolute atomic E-state index is 0.463. The highest BCUT2D eigenvalue weighted by Crippen LogP contribution is 2.12. The number of nitrogens with one attached hydrogen (secondary N) is 2. The van der Waals surface area contributed by atoms with E-state index in [1.807, 2.05) is 12.1 Å². The van der Waals surface area contributed by atoms with Crippen LogP contribution in [0.15, 0.2) is 18.3 Å². The van der Waals surface area contributed by atoms with Crippen LogP contribution >= 0.6 is 0 Å². The molecule has 0 spiro atoms. The van der Waals surface area contributed by atoms with Gasteiger partial charge in [-0.25, -0.2) is 4.98 Å². The van der Waals surface area contributed by atoms with Crippen molar-refractivity contribution in [1.29, 1.82) is 5.26 Å². The van der Waals surface area contributed by atoms with E-state index in [9.17, 15) is 0 Å². The quantitative estimate of drug-likeness (QED) is 0.801. The average Bonchev–Trinajstić information content (AvgIpc) is 2.38. The second-order valence-electron chi connectivity index (χ2n) is 4.14. The summed E-state index contributed by atoms with van der Waals surface area (Å²) in [4.78, 5) is 4.02. The molecule has 16 heavy (non-hydrogen) atoms. The lowest BCUT2D eigenvalue weighted by molar-refractivity contribution is 0.393. The van der Waals surface area contributed by atoms with Gasteiger partial charge in [0.15, 0.2) is 0 Å². The largest absolute Gasteiger partial charge is 0.383 e. The number of hydrogen-bond acceptors (Lipinski definition) is 4. The lowest BCUT2D eigenvalue weighted by atomic mass is 10.00. The molecular formula is C12H16N4. The average molecular weight is 216 g/mol. The van der Waals surface area contributed by atoms with Gasteiger partial charge in [0.2, 0.25) is 0 Å². The standard InChI is InChI=1S/C12H16N4/c13-6-11-3-4-12(9-16-11)15-8-10-2-1-5-14-7-10/h3-4,9-10,14-15H,1-2,5,7-8H2. The van der Waals surface area contributed by atoms with Crippen LogP contribution in [-0.2, 0) is 0 Å². The van der Waals surface area contributed by atoms with Gasteiger partial charge in [0.25, 0.3) is 0 Å². The van der Waals surface area contributed by atoms with Gasteiger partial charge < -0.3 is 10.6 Å². The monoisotopic (exact) mass is 216 g/mol. The van der Waals surface area contributed by atoms with Crippen LogP contribution in [0.2, 0.25) is 0 Å². The third-order valence-electron chi connectivity index (χ3n) is 2.87. The van der Waals surface area contributed by atoms with E-state index < -0.39 is 0 Å². The van der Waals surface area contributed by atoms with Gasteiger partial charge in [-0.1, -0.05) is 0 Å². The normalized spacial score (nSPS) is 20.1. The Morgan fingerprint density at radius 3 is 3.12 bits per heavy atom. The van der Waals surface area contributed by atoms with Gasteiger partial charge in [0.1, 0.15) is 11.8 Å². The van der Waals surface area contributed by atoms with Gasteiger partial charge in [-0.05, 0) is 44.0 Å². The first kappa shape index (κ1) is 10.9. The number of hydrogen-bond donors (Lipinski definition) is 2. The Kier molecular flexibility index (Phi) is 3.73. The molecule has 84 valence electrons. The van der Waals surface area contributed by atoms with Crippen molar-refractivity contribution in [2.75, 3.05) is 25.0 Å². The van der Waals surface area contributed by atoms with Crippen LogP contribution in [-0.4, -0.2) is 24.6 Å². The Bertz CT molecular complexity index is 360. The highest BCUT2D eigenvalue weighted by atomic mass is 14.9. The maximum absolute atomic E-state index is 8.62. The Morgan fingerprint density at radius 1 is 1.56 bits per heavy atom. The molecular weight excluding hydrogens is 200 g/mol. The van der Waals surface area contributed by atoms with E-state index in [0.717, 1.165) is 25.3 Å². The van der Waals surface area contributed by atoms with Crippen molar-refractivity contribution >= 4 is 5.69 Å². The van der Waals surface area contributed by atoms with Crippen LogP contribution in [0.3, 0.4) is 0 Å². The number of nitrogens with zero attached hydrogens (tertiary/aromatic N) is 2. The van der Waals surface area contributed by atoms with Crippen molar-refractivity contribution < 1.29 is 0 Å². The molecule has 1 unspecified atom stereocenters. The fraction of sp³-hybridized carbons (Fsp3) is 0.500. The zero-order valence-corrected chi connectivity index (χ0v) is 9.24. The van der Waals surface area contributed by atoms with E-state index in [2.05, 4.69) is 15.6 Å². The molecule has 1 saturated heterocycles. The summed E-state index contributed by atoms with van der Waals surface area (Å²) in [5.74, 6) is 0.699. The minimum Gasteiger partial charge on any atom is -0.383 e. The third kappa shape index (κ3) is 2.94. The van der Waals surface area contributed by atoms with Crippen LogP contribution in [0.25, 0.3) is 0 Å². The van der Waals surface area contributed by atoms with Gasteiger partial charge in [0, 0.05) is 6.54 Å². The number of anilines is 1. The lowest BCUT2D eigenvalue weighted by Gasteiger charge is -2.23.